The maximum Gasteiger partial charge on any atom is 0.128 e. The first kappa shape index (κ1) is 12.2. The number of hydrogen-bond donors (Lipinski definition) is 1. The number of hydrogen-bond acceptors (Lipinski definition) is 3. The molecule has 0 aliphatic carbocycles. The van der Waals surface area contributed by atoms with Gasteiger partial charge in [-0.05, 0) is 29.1 Å². The van der Waals surface area contributed by atoms with Gasteiger partial charge >= 0.3 is 0 Å². The summed E-state index contributed by atoms with van der Waals surface area (Å²) in [5.74, 6) is -0.242. The van der Waals surface area contributed by atoms with Crippen molar-refractivity contribution in [1.82, 2.24) is 0 Å². The van der Waals surface area contributed by atoms with E-state index in [0.29, 0.717) is 18.7 Å². The molecule has 0 bridgehead atoms. The Morgan fingerprint density at radius 3 is 2.82 bits per heavy atom. The van der Waals surface area contributed by atoms with Crippen LogP contribution in [0.4, 0.5) is 4.39 Å². The summed E-state index contributed by atoms with van der Waals surface area (Å²) in [6.45, 7) is 1.21. The van der Waals surface area contributed by atoms with Crippen LogP contribution in [0.25, 0.3) is 0 Å². The zero-order chi connectivity index (χ0) is 12.1. The van der Waals surface area contributed by atoms with E-state index in [0.717, 1.165) is 10.4 Å². The molecule has 1 aromatic heterocycles. The molecule has 0 aliphatic rings. The van der Waals surface area contributed by atoms with E-state index in [1.807, 2.05) is 17.5 Å². The molecule has 0 saturated carbocycles. The van der Waals surface area contributed by atoms with E-state index in [4.69, 9.17) is 10.5 Å². The van der Waals surface area contributed by atoms with E-state index in [1.165, 1.54) is 6.07 Å². The molecule has 2 nitrogen and oxygen atoms in total. The minimum absolute atomic E-state index is 0.242. The summed E-state index contributed by atoms with van der Waals surface area (Å²) in [5, 5.41) is 1.99. The highest BCUT2D eigenvalue weighted by Gasteiger charge is 2.03. The van der Waals surface area contributed by atoms with Crippen molar-refractivity contribution in [1.29, 1.82) is 0 Å². The average molecular weight is 251 g/mol. The van der Waals surface area contributed by atoms with Crippen molar-refractivity contribution in [3.8, 4) is 0 Å². The third kappa shape index (κ3) is 3.36. The third-order valence-electron chi connectivity index (χ3n) is 2.43. The summed E-state index contributed by atoms with van der Waals surface area (Å²) in [4.78, 5) is 1.14. The van der Waals surface area contributed by atoms with Crippen LogP contribution in [-0.2, 0) is 24.5 Å². The van der Waals surface area contributed by atoms with Gasteiger partial charge in [-0.2, -0.15) is 0 Å². The van der Waals surface area contributed by atoms with Crippen molar-refractivity contribution in [2.45, 2.75) is 19.8 Å². The molecule has 17 heavy (non-hydrogen) atoms. The maximum atomic E-state index is 13.5. The van der Waals surface area contributed by atoms with Crippen LogP contribution in [-0.4, -0.2) is 0 Å². The Bertz CT molecular complexity index is 470. The molecule has 2 rings (SSSR count). The van der Waals surface area contributed by atoms with E-state index >= 15 is 0 Å². The first-order valence-electron chi connectivity index (χ1n) is 5.37. The van der Waals surface area contributed by atoms with Gasteiger partial charge in [-0.1, -0.05) is 12.1 Å². The molecule has 0 spiro atoms. The van der Waals surface area contributed by atoms with Gasteiger partial charge in [0.25, 0.3) is 0 Å². The van der Waals surface area contributed by atoms with E-state index in [9.17, 15) is 4.39 Å². The Hall–Kier alpha value is -1.23. The topological polar surface area (TPSA) is 35.2 Å². The molecular formula is C13H14FNOS. The van der Waals surface area contributed by atoms with E-state index in [-0.39, 0.29) is 12.4 Å². The molecule has 0 fully saturated rings. The van der Waals surface area contributed by atoms with Crippen LogP contribution < -0.4 is 5.73 Å². The summed E-state index contributed by atoms with van der Waals surface area (Å²) in [6.07, 6.45) is 0. The summed E-state index contributed by atoms with van der Waals surface area (Å²) in [7, 11) is 0. The van der Waals surface area contributed by atoms with Crippen LogP contribution in [0.2, 0.25) is 0 Å². The first-order chi connectivity index (χ1) is 8.29. The van der Waals surface area contributed by atoms with Crippen LogP contribution in [0.15, 0.2) is 35.7 Å². The van der Waals surface area contributed by atoms with Crippen molar-refractivity contribution in [3.05, 3.63) is 57.5 Å². The van der Waals surface area contributed by atoms with Gasteiger partial charge in [-0.25, -0.2) is 4.39 Å². The highest BCUT2D eigenvalue weighted by Crippen LogP contribution is 2.14. The highest BCUT2D eigenvalue weighted by atomic mass is 32.1. The number of ether oxygens (including phenoxy) is 1. The molecule has 1 aromatic carbocycles. The number of rotatable bonds is 5. The predicted molar refractivity (Wildman–Crippen MR) is 67.1 cm³/mol. The van der Waals surface area contributed by atoms with Crippen molar-refractivity contribution < 1.29 is 9.13 Å². The largest absolute Gasteiger partial charge is 0.371 e. The second-order valence-corrected chi connectivity index (χ2v) is 4.73. The van der Waals surface area contributed by atoms with Gasteiger partial charge in [0.05, 0.1) is 13.2 Å². The average Bonchev–Trinajstić information content (AvgIpc) is 2.84. The van der Waals surface area contributed by atoms with Gasteiger partial charge in [-0.3, -0.25) is 0 Å². The summed E-state index contributed by atoms with van der Waals surface area (Å²) >= 11 is 1.63. The molecule has 4 heteroatoms. The molecule has 1 heterocycles. The Balaban J connectivity index is 1.94. The van der Waals surface area contributed by atoms with Gasteiger partial charge in [-0.15, -0.1) is 11.3 Å². The van der Waals surface area contributed by atoms with Crippen molar-refractivity contribution in [3.63, 3.8) is 0 Å². The quantitative estimate of drug-likeness (QED) is 0.886. The van der Waals surface area contributed by atoms with E-state index in [2.05, 4.69) is 0 Å². The number of nitrogens with two attached hydrogens (primary N) is 1. The van der Waals surface area contributed by atoms with E-state index < -0.39 is 0 Å². The van der Waals surface area contributed by atoms with Crippen LogP contribution in [0, 0.1) is 5.82 Å². The summed E-state index contributed by atoms with van der Waals surface area (Å²) in [6, 6.07) is 8.85. The first-order valence-corrected chi connectivity index (χ1v) is 6.25. The van der Waals surface area contributed by atoms with E-state index in [1.54, 1.807) is 23.5 Å². The van der Waals surface area contributed by atoms with Crippen molar-refractivity contribution >= 4 is 11.3 Å². The van der Waals surface area contributed by atoms with Gasteiger partial charge in [0.15, 0.2) is 0 Å². The minimum atomic E-state index is -0.242. The fourth-order valence-corrected chi connectivity index (χ4v) is 2.16. The molecule has 0 amide bonds. The van der Waals surface area contributed by atoms with Crippen molar-refractivity contribution in [2.75, 3.05) is 0 Å². The minimum Gasteiger partial charge on any atom is -0.371 e. The van der Waals surface area contributed by atoms with Crippen molar-refractivity contribution in [2.24, 2.45) is 5.73 Å². The van der Waals surface area contributed by atoms with Crippen LogP contribution in [0.3, 0.4) is 0 Å². The fourth-order valence-electron chi connectivity index (χ4n) is 1.52. The summed E-state index contributed by atoms with van der Waals surface area (Å²) < 4.78 is 18.9. The number of halogens is 1. The Kier molecular flexibility index (Phi) is 4.25. The monoisotopic (exact) mass is 251 g/mol. The SMILES string of the molecule is NCc1ccc(F)c(COCc2cccs2)c1. The molecule has 0 radical (unpaired) electrons. The molecule has 0 aliphatic heterocycles. The molecule has 0 saturated heterocycles. The predicted octanol–water partition coefficient (Wildman–Crippen LogP) is 3.06. The molecule has 0 atom stereocenters. The number of benzene rings is 1. The van der Waals surface area contributed by atoms with Crippen LogP contribution >= 0.6 is 11.3 Å². The maximum absolute atomic E-state index is 13.5. The highest BCUT2D eigenvalue weighted by molar-refractivity contribution is 7.09. The smallest absolute Gasteiger partial charge is 0.128 e. The zero-order valence-corrected chi connectivity index (χ0v) is 10.2. The fraction of sp³-hybridized carbons (Fsp3) is 0.231. The molecular weight excluding hydrogens is 237 g/mol. The lowest BCUT2D eigenvalue weighted by molar-refractivity contribution is 0.107. The Labute approximate surface area is 104 Å². The van der Waals surface area contributed by atoms with Crippen LogP contribution in [0.1, 0.15) is 16.0 Å². The lowest BCUT2D eigenvalue weighted by Crippen LogP contribution is -2.01. The lowest BCUT2D eigenvalue weighted by atomic mass is 10.1. The normalized spacial score (nSPS) is 10.7. The zero-order valence-electron chi connectivity index (χ0n) is 9.36. The molecule has 90 valence electrons. The second kappa shape index (κ2) is 5.91. The van der Waals surface area contributed by atoms with Gasteiger partial charge in [0, 0.05) is 17.0 Å². The molecule has 0 unspecified atom stereocenters. The lowest BCUT2D eigenvalue weighted by Gasteiger charge is -2.06. The van der Waals surface area contributed by atoms with Crippen LogP contribution in [0.5, 0.6) is 0 Å². The number of thiophene rings is 1. The summed E-state index contributed by atoms with van der Waals surface area (Å²) in [5.41, 5.74) is 6.99. The van der Waals surface area contributed by atoms with Gasteiger partial charge < -0.3 is 10.5 Å². The standard InChI is InChI=1S/C13H14FNOS/c14-13-4-3-10(7-15)6-11(13)8-16-9-12-2-1-5-17-12/h1-6H,7-9,15H2. The Morgan fingerprint density at radius 1 is 1.24 bits per heavy atom. The molecule has 2 N–H and O–H groups in total. The molecule has 2 aromatic rings. The second-order valence-electron chi connectivity index (χ2n) is 3.70. The third-order valence-corrected chi connectivity index (χ3v) is 3.28. The van der Waals surface area contributed by atoms with Gasteiger partial charge in [0.1, 0.15) is 5.82 Å². The van der Waals surface area contributed by atoms with Gasteiger partial charge in [0.2, 0.25) is 0 Å². The Morgan fingerprint density at radius 2 is 2.12 bits per heavy atom.